The molecule has 1 N–H and O–H groups in total. The zero-order valence-electron chi connectivity index (χ0n) is 10.9. The highest BCUT2D eigenvalue weighted by Crippen LogP contribution is 2.22. The first-order chi connectivity index (χ1) is 8.88. The summed E-state index contributed by atoms with van der Waals surface area (Å²) in [5, 5.41) is 0. The van der Waals surface area contributed by atoms with Gasteiger partial charge in [0.1, 0.15) is 0 Å². The molecule has 5 nitrogen and oxygen atoms in total. The Morgan fingerprint density at radius 2 is 2.05 bits per heavy atom. The predicted molar refractivity (Wildman–Crippen MR) is 70.3 cm³/mol. The molecule has 0 unspecified atom stereocenters. The molecule has 2 rings (SSSR count). The fraction of sp³-hybridized carbons (Fsp3) is 0.462. The molecule has 1 aliphatic rings. The van der Waals surface area contributed by atoms with Gasteiger partial charge in [0.25, 0.3) is 0 Å². The number of esters is 1. The highest BCUT2D eigenvalue weighted by molar-refractivity contribution is 7.89. The number of benzene rings is 1. The molecule has 0 aromatic heterocycles. The average Bonchev–Trinajstić information content (AvgIpc) is 3.11. The van der Waals surface area contributed by atoms with Crippen molar-refractivity contribution in [1.82, 2.24) is 4.72 Å². The Kier molecular flexibility index (Phi) is 3.91. The molecule has 0 radical (unpaired) electrons. The van der Waals surface area contributed by atoms with Crippen molar-refractivity contribution < 1.29 is 17.9 Å². The van der Waals surface area contributed by atoms with E-state index >= 15 is 0 Å². The van der Waals surface area contributed by atoms with Gasteiger partial charge in [0, 0.05) is 6.04 Å². The summed E-state index contributed by atoms with van der Waals surface area (Å²) in [6, 6.07) is 5.93. The van der Waals surface area contributed by atoms with E-state index in [2.05, 4.69) is 4.72 Å². The normalized spacial score (nSPS) is 15.5. The molecule has 1 saturated carbocycles. The molecule has 1 fully saturated rings. The Bertz CT molecular complexity index is 576. The van der Waals surface area contributed by atoms with E-state index < -0.39 is 16.0 Å². The van der Waals surface area contributed by atoms with E-state index in [4.69, 9.17) is 4.74 Å². The van der Waals surface area contributed by atoms with Crippen molar-refractivity contribution >= 4 is 16.0 Å². The molecule has 0 heterocycles. The number of nitrogens with one attached hydrogen (secondary N) is 1. The van der Waals surface area contributed by atoms with Gasteiger partial charge in [-0.1, -0.05) is 6.07 Å². The molecular weight excluding hydrogens is 266 g/mol. The summed E-state index contributed by atoms with van der Waals surface area (Å²) >= 11 is 0. The van der Waals surface area contributed by atoms with Gasteiger partial charge in [0.05, 0.1) is 16.6 Å². The van der Waals surface area contributed by atoms with Crippen molar-refractivity contribution in [2.75, 3.05) is 0 Å². The van der Waals surface area contributed by atoms with Crippen LogP contribution in [0.2, 0.25) is 0 Å². The molecule has 6 heteroatoms. The van der Waals surface area contributed by atoms with Crippen LogP contribution in [0, 0.1) is 0 Å². The molecule has 0 bridgehead atoms. The lowest BCUT2D eigenvalue weighted by atomic mass is 10.2. The van der Waals surface area contributed by atoms with Crippen molar-refractivity contribution in [3.8, 4) is 0 Å². The summed E-state index contributed by atoms with van der Waals surface area (Å²) in [7, 11) is -3.54. The van der Waals surface area contributed by atoms with Gasteiger partial charge in [-0.05, 0) is 44.9 Å². The van der Waals surface area contributed by atoms with Crippen molar-refractivity contribution in [2.45, 2.75) is 43.7 Å². The standard InChI is InChI=1S/C13H17NO4S/c1-9(2)18-13(15)10-4-3-5-12(8-10)19(16,17)14-11-6-7-11/h3-5,8-9,11,14H,6-7H2,1-2H3. The number of sulfonamides is 1. The highest BCUT2D eigenvalue weighted by Gasteiger charge is 2.28. The number of ether oxygens (including phenoxy) is 1. The lowest BCUT2D eigenvalue weighted by molar-refractivity contribution is 0.0377. The number of rotatable bonds is 5. The summed E-state index contributed by atoms with van der Waals surface area (Å²) < 4.78 is 31.6. The third kappa shape index (κ3) is 3.78. The smallest absolute Gasteiger partial charge is 0.338 e. The first-order valence-corrected chi connectivity index (χ1v) is 7.70. The molecule has 104 valence electrons. The van der Waals surface area contributed by atoms with Gasteiger partial charge in [-0.3, -0.25) is 0 Å². The highest BCUT2D eigenvalue weighted by atomic mass is 32.2. The van der Waals surface area contributed by atoms with Gasteiger partial charge in [-0.25, -0.2) is 17.9 Å². The Morgan fingerprint density at radius 1 is 1.37 bits per heavy atom. The lowest BCUT2D eigenvalue weighted by Crippen LogP contribution is -2.26. The van der Waals surface area contributed by atoms with Gasteiger partial charge in [-0.2, -0.15) is 0 Å². The van der Waals surface area contributed by atoms with E-state index in [9.17, 15) is 13.2 Å². The maximum Gasteiger partial charge on any atom is 0.338 e. The molecule has 0 spiro atoms. The molecular formula is C13H17NO4S. The number of carbonyl (C=O) groups excluding carboxylic acids is 1. The van der Waals surface area contributed by atoms with Gasteiger partial charge < -0.3 is 4.74 Å². The zero-order valence-corrected chi connectivity index (χ0v) is 11.7. The van der Waals surface area contributed by atoms with Crippen LogP contribution >= 0.6 is 0 Å². The molecule has 0 aliphatic heterocycles. The maximum absolute atomic E-state index is 12.0. The van der Waals surface area contributed by atoms with Crippen LogP contribution in [0.1, 0.15) is 37.0 Å². The van der Waals surface area contributed by atoms with E-state index in [1.54, 1.807) is 26.0 Å². The van der Waals surface area contributed by atoms with Crippen LogP contribution in [-0.4, -0.2) is 26.5 Å². The second-order valence-corrected chi connectivity index (χ2v) is 6.59. The monoisotopic (exact) mass is 283 g/mol. The fourth-order valence-corrected chi connectivity index (χ4v) is 2.91. The third-order valence-corrected chi connectivity index (χ3v) is 4.14. The summed E-state index contributed by atoms with van der Waals surface area (Å²) in [6.07, 6.45) is 1.50. The summed E-state index contributed by atoms with van der Waals surface area (Å²) in [5.74, 6) is -0.515. The molecule has 1 aliphatic carbocycles. The van der Waals surface area contributed by atoms with Crippen LogP contribution in [-0.2, 0) is 14.8 Å². The van der Waals surface area contributed by atoms with Crippen molar-refractivity contribution in [3.63, 3.8) is 0 Å². The fourth-order valence-electron chi connectivity index (χ4n) is 1.56. The van der Waals surface area contributed by atoms with E-state index in [-0.39, 0.29) is 22.6 Å². The molecule has 1 aromatic rings. The van der Waals surface area contributed by atoms with Crippen molar-refractivity contribution in [3.05, 3.63) is 29.8 Å². The van der Waals surface area contributed by atoms with Gasteiger partial charge in [0.2, 0.25) is 10.0 Å². The van der Waals surface area contributed by atoms with E-state index in [0.29, 0.717) is 0 Å². The van der Waals surface area contributed by atoms with Crippen LogP contribution in [0.15, 0.2) is 29.2 Å². The van der Waals surface area contributed by atoms with Crippen molar-refractivity contribution in [1.29, 1.82) is 0 Å². The molecule has 0 amide bonds. The van der Waals surface area contributed by atoms with Gasteiger partial charge in [0.15, 0.2) is 0 Å². The third-order valence-electron chi connectivity index (χ3n) is 2.62. The Labute approximate surface area is 113 Å². The predicted octanol–water partition coefficient (Wildman–Crippen LogP) is 1.69. The SMILES string of the molecule is CC(C)OC(=O)c1cccc(S(=O)(=O)NC2CC2)c1. The van der Waals surface area contributed by atoms with Crippen LogP contribution in [0.3, 0.4) is 0 Å². The topological polar surface area (TPSA) is 72.5 Å². The van der Waals surface area contributed by atoms with Crippen LogP contribution < -0.4 is 4.72 Å². The molecule has 0 saturated heterocycles. The van der Waals surface area contributed by atoms with Crippen molar-refractivity contribution in [2.24, 2.45) is 0 Å². The largest absolute Gasteiger partial charge is 0.459 e. The maximum atomic E-state index is 12.0. The van der Waals surface area contributed by atoms with Gasteiger partial charge >= 0.3 is 5.97 Å². The minimum absolute atomic E-state index is 0.0382. The van der Waals surface area contributed by atoms with Crippen LogP contribution in [0.25, 0.3) is 0 Å². The summed E-state index contributed by atoms with van der Waals surface area (Å²) in [4.78, 5) is 11.8. The summed E-state index contributed by atoms with van der Waals surface area (Å²) in [5.41, 5.74) is 0.243. The van der Waals surface area contributed by atoms with E-state index in [1.165, 1.54) is 12.1 Å². The Morgan fingerprint density at radius 3 is 2.63 bits per heavy atom. The van der Waals surface area contributed by atoms with E-state index in [1.807, 2.05) is 0 Å². The second-order valence-electron chi connectivity index (χ2n) is 4.88. The molecule has 1 aromatic carbocycles. The van der Waals surface area contributed by atoms with Crippen LogP contribution in [0.5, 0.6) is 0 Å². The zero-order chi connectivity index (χ0) is 14.0. The van der Waals surface area contributed by atoms with Gasteiger partial charge in [-0.15, -0.1) is 0 Å². The second kappa shape index (κ2) is 5.30. The Hall–Kier alpha value is -1.40. The number of hydrogen-bond donors (Lipinski definition) is 1. The average molecular weight is 283 g/mol. The minimum Gasteiger partial charge on any atom is -0.459 e. The number of hydrogen-bond acceptors (Lipinski definition) is 4. The summed E-state index contributed by atoms with van der Waals surface area (Å²) in [6.45, 7) is 3.49. The quantitative estimate of drug-likeness (QED) is 0.835. The van der Waals surface area contributed by atoms with Crippen LogP contribution in [0.4, 0.5) is 0 Å². The minimum atomic E-state index is -3.54. The first kappa shape index (κ1) is 14.0. The van der Waals surface area contributed by atoms with E-state index in [0.717, 1.165) is 12.8 Å². The molecule has 0 atom stereocenters. The number of carbonyl (C=O) groups is 1. The Balaban J connectivity index is 2.21. The molecule has 19 heavy (non-hydrogen) atoms. The first-order valence-electron chi connectivity index (χ1n) is 6.22. The lowest BCUT2D eigenvalue weighted by Gasteiger charge is -2.09.